The van der Waals surface area contributed by atoms with Gasteiger partial charge in [-0.2, -0.15) is 4.91 Å². The lowest BCUT2D eigenvalue weighted by Gasteiger charge is -2.03. The third-order valence-corrected chi connectivity index (χ3v) is 1.42. The van der Waals surface area contributed by atoms with Crippen molar-refractivity contribution in [3.8, 4) is 0 Å². The van der Waals surface area contributed by atoms with E-state index in [0.29, 0.717) is 0 Å². The number of aliphatic hydroxyl groups is 1. The Labute approximate surface area is 61.4 Å². The Balaban J connectivity index is 3.11. The first-order valence-electron chi connectivity index (χ1n) is 3.67. The van der Waals surface area contributed by atoms with Gasteiger partial charge in [-0.25, -0.2) is 0 Å². The molecule has 0 saturated heterocycles. The molecular formula is C7H15NO2. The van der Waals surface area contributed by atoms with E-state index < -0.39 is 0 Å². The molecule has 0 radical (unpaired) electrons. The van der Waals surface area contributed by atoms with Crippen LogP contribution >= 0.6 is 0 Å². The highest BCUT2D eigenvalue weighted by atomic mass is 16.3. The quantitative estimate of drug-likeness (QED) is 0.598. The van der Waals surface area contributed by atoms with Gasteiger partial charge >= 0.3 is 0 Å². The summed E-state index contributed by atoms with van der Waals surface area (Å²) in [6.07, 6.45) is 2.18. The molecule has 0 aromatic rings. The van der Waals surface area contributed by atoms with Crippen LogP contribution in [0.1, 0.15) is 33.1 Å². The number of nitroso groups, excluding NO2 is 1. The summed E-state index contributed by atoms with van der Waals surface area (Å²) >= 11 is 0. The van der Waals surface area contributed by atoms with E-state index in [1.807, 2.05) is 0 Å². The van der Waals surface area contributed by atoms with Gasteiger partial charge in [0, 0.05) is 0 Å². The summed E-state index contributed by atoms with van der Waals surface area (Å²) in [6, 6.07) is -0.0984. The fourth-order valence-corrected chi connectivity index (χ4v) is 0.761. The molecule has 1 N–H and O–H groups in total. The Morgan fingerprint density at radius 1 is 1.40 bits per heavy atom. The van der Waals surface area contributed by atoms with Crippen LogP contribution in [0.2, 0.25) is 0 Å². The first-order valence-corrected chi connectivity index (χ1v) is 3.67. The second kappa shape index (κ2) is 5.35. The zero-order valence-electron chi connectivity index (χ0n) is 6.58. The van der Waals surface area contributed by atoms with Crippen molar-refractivity contribution in [2.24, 2.45) is 5.18 Å². The normalized spacial score (nSPS) is 16.3. The molecule has 0 aromatic heterocycles. The fourth-order valence-electron chi connectivity index (χ4n) is 0.761. The highest BCUT2D eigenvalue weighted by Crippen LogP contribution is 2.05. The molecule has 0 aliphatic carbocycles. The van der Waals surface area contributed by atoms with Gasteiger partial charge in [-0.15, -0.1) is 0 Å². The molecule has 0 aliphatic rings. The third-order valence-electron chi connectivity index (χ3n) is 1.42. The standard InChI is InChI=1S/C7H15NO2/c1-6(8-10)4-3-5-7(2)9/h6-7,9H,3-5H2,1-2H3/t6-,7?/m1/s1. The summed E-state index contributed by atoms with van der Waals surface area (Å²) in [5, 5.41) is 11.7. The molecule has 0 heterocycles. The topological polar surface area (TPSA) is 49.7 Å². The molecule has 0 bridgehead atoms. The molecule has 10 heavy (non-hydrogen) atoms. The minimum atomic E-state index is -0.251. The molecule has 0 fully saturated rings. The first-order chi connectivity index (χ1) is 4.66. The van der Waals surface area contributed by atoms with E-state index in [4.69, 9.17) is 5.11 Å². The Hall–Kier alpha value is -0.440. The highest BCUT2D eigenvalue weighted by Gasteiger charge is 2.01. The van der Waals surface area contributed by atoms with Gasteiger partial charge in [-0.05, 0) is 33.1 Å². The Morgan fingerprint density at radius 2 is 2.00 bits per heavy atom. The minimum absolute atomic E-state index is 0.0984. The molecule has 2 atom stereocenters. The van der Waals surface area contributed by atoms with E-state index in [1.54, 1.807) is 13.8 Å². The van der Waals surface area contributed by atoms with E-state index in [2.05, 4.69) is 5.18 Å². The Bertz CT molecular complexity index is 93.6. The summed E-state index contributed by atoms with van der Waals surface area (Å²) in [5.41, 5.74) is 0. The van der Waals surface area contributed by atoms with Crippen molar-refractivity contribution in [2.75, 3.05) is 0 Å². The molecular weight excluding hydrogens is 130 g/mol. The lowest BCUT2D eigenvalue weighted by atomic mass is 10.1. The average Bonchev–Trinajstić information content (AvgIpc) is 1.87. The van der Waals surface area contributed by atoms with E-state index in [9.17, 15) is 4.91 Å². The van der Waals surface area contributed by atoms with Gasteiger partial charge in [0.2, 0.25) is 0 Å². The molecule has 3 nitrogen and oxygen atoms in total. The predicted octanol–water partition coefficient (Wildman–Crippen LogP) is 1.69. The van der Waals surface area contributed by atoms with Crippen LogP contribution in [0.25, 0.3) is 0 Å². The summed E-state index contributed by atoms with van der Waals surface area (Å²) in [7, 11) is 0. The van der Waals surface area contributed by atoms with E-state index in [1.165, 1.54) is 0 Å². The highest BCUT2D eigenvalue weighted by molar-refractivity contribution is 4.59. The zero-order valence-corrected chi connectivity index (χ0v) is 6.58. The van der Waals surface area contributed by atoms with Gasteiger partial charge in [0.15, 0.2) is 0 Å². The maximum atomic E-state index is 9.87. The summed E-state index contributed by atoms with van der Waals surface area (Å²) in [4.78, 5) is 9.87. The monoisotopic (exact) mass is 145 g/mol. The van der Waals surface area contributed by atoms with E-state index >= 15 is 0 Å². The zero-order chi connectivity index (χ0) is 7.98. The van der Waals surface area contributed by atoms with Crippen LogP contribution in [0.3, 0.4) is 0 Å². The number of hydrogen-bond acceptors (Lipinski definition) is 3. The number of rotatable bonds is 5. The van der Waals surface area contributed by atoms with Crippen molar-refractivity contribution in [1.82, 2.24) is 0 Å². The van der Waals surface area contributed by atoms with Crippen molar-refractivity contribution in [2.45, 2.75) is 45.3 Å². The molecule has 0 aliphatic heterocycles. The van der Waals surface area contributed by atoms with Crippen molar-refractivity contribution >= 4 is 0 Å². The lowest BCUT2D eigenvalue weighted by Crippen LogP contribution is -2.02. The largest absolute Gasteiger partial charge is 0.393 e. The van der Waals surface area contributed by atoms with Crippen LogP contribution in [0.4, 0.5) is 0 Å². The lowest BCUT2D eigenvalue weighted by molar-refractivity contribution is 0.180. The van der Waals surface area contributed by atoms with Crippen LogP contribution in [0.5, 0.6) is 0 Å². The van der Waals surface area contributed by atoms with Crippen LogP contribution in [-0.4, -0.2) is 17.3 Å². The molecule has 0 saturated carbocycles. The number of hydrogen-bond donors (Lipinski definition) is 1. The Morgan fingerprint density at radius 3 is 2.40 bits per heavy atom. The van der Waals surface area contributed by atoms with Gasteiger partial charge in [-0.3, -0.25) is 0 Å². The second-order valence-electron chi connectivity index (χ2n) is 2.73. The maximum Gasteiger partial charge on any atom is 0.0891 e. The minimum Gasteiger partial charge on any atom is -0.393 e. The first kappa shape index (κ1) is 9.56. The summed E-state index contributed by atoms with van der Waals surface area (Å²) in [5.74, 6) is 0. The molecule has 0 aromatic carbocycles. The van der Waals surface area contributed by atoms with Crippen molar-refractivity contribution in [3.63, 3.8) is 0 Å². The summed E-state index contributed by atoms with van der Waals surface area (Å²) < 4.78 is 0. The predicted molar refractivity (Wildman–Crippen MR) is 40.8 cm³/mol. The van der Waals surface area contributed by atoms with Crippen LogP contribution in [0, 0.1) is 4.91 Å². The molecule has 60 valence electrons. The number of nitrogens with zero attached hydrogens (tertiary/aromatic N) is 1. The second-order valence-corrected chi connectivity index (χ2v) is 2.73. The number of aliphatic hydroxyl groups excluding tert-OH is 1. The van der Waals surface area contributed by atoms with Gasteiger partial charge in [0.05, 0.1) is 12.1 Å². The van der Waals surface area contributed by atoms with Crippen LogP contribution in [0.15, 0.2) is 5.18 Å². The van der Waals surface area contributed by atoms with Crippen LogP contribution < -0.4 is 0 Å². The fraction of sp³-hybridized carbons (Fsp3) is 1.00. The van der Waals surface area contributed by atoms with Crippen molar-refractivity contribution < 1.29 is 5.11 Å². The van der Waals surface area contributed by atoms with Crippen molar-refractivity contribution in [3.05, 3.63) is 4.91 Å². The molecule has 0 spiro atoms. The van der Waals surface area contributed by atoms with Gasteiger partial charge < -0.3 is 5.11 Å². The molecule has 3 heteroatoms. The van der Waals surface area contributed by atoms with Gasteiger partial charge in [0.25, 0.3) is 0 Å². The third kappa shape index (κ3) is 5.69. The van der Waals surface area contributed by atoms with E-state index in [-0.39, 0.29) is 12.1 Å². The SMILES string of the molecule is CC(O)CCC[C@@H](C)N=O. The maximum absolute atomic E-state index is 9.87. The molecule has 0 rings (SSSR count). The average molecular weight is 145 g/mol. The van der Waals surface area contributed by atoms with E-state index in [0.717, 1.165) is 19.3 Å². The van der Waals surface area contributed by atoms with Crippen molar-refractivity contribution in [1.29, 1.82) is 0 Å². The molecule has 0 amide bonds. The molecule has 1 unspecified atom stereocenters. The summed E-state index contributed by atoms with van der Waals surface area (Å²) in [6.45, 7) is 3.54. The smallest absolute Gasteiger partial charge is 0.0891 e. The Kier molecular flexibility index (Phi) is 5.12. The van der Waals surface area contributed by atoms with Gasteiger partial charge in [-0.1, -0.05) is 5.18 Å². The van der Waals surface area contributed by atoms with Gasteiger partial charge in [0.1, 0.15) is 0 Å². The van der Waals surface area contributed by atoms with Crippen LogP contribution in [-0.2, 0) is 0 Å².